The van der Waals surface area contributed by atoms with Gasteiger partial charge in [-0.25, -0.2) is 17.6 Å². The summed E-state index contributed by atoms with van der Waals surface area (Å²) < 4.78 is 94.0. The van der Waals surface area contributed by atoms with Crippen LogP contribution in [0.3, 0.4) is 0 Å². The molecule has 0 N–H and O–H groups in total. The Morgan fingerprint density at radius 3 is 1.98 bits per heavy atom. The lowest BCUT2D eigenvalue weighted by atomic mass is 10.00. The smallest absolute Gasteiger partial charge is 0.429 e. The first-order chi connectivity index (χ1) is 21.0. The minimum atomic E-state index is -4.18. The average Bonchev–Trinajstić information content (AvgIpc) is 2.98. The molecule has 8 heteroatoms. The molecule has 4 aromatic rings. The summed E-state index contributed by atoms with van der Waals surface area (Å²) in [5.74, 6) is -4.00. The summed E-state index contributed by atoms with van der Waals surface area (Å²) in [6, 6.07) is 14.3. The number of nitrogens with zero attached hydrogens (tertiary/aromatic N) is 1. The van der Waals surface area contributed by atoms with Crippen LogP contribution in [0.5, 0.6) is 5.75 Å². The van der Waals surface area contributed by atoms with E-state index >= 15 is 17.6 Å². The monoisotopic (exact) mass is 607 g/mol. The molecule has 0 heterocycles. The van der Waals surface area contributed by atoms with Crippen LogP contribution in [0.2, 0.25) is 0 Å². The zero-order valence-corrected chi connectivity index (χ0v) is 24.7. The maximum Gasteiger partial charge on any atom is 0.429 e. The highest BCUT2D eigenvalue weighted by Gasteiger charge is 2.38. The van der Waals surface area contributed by atoms with Gasteiger partial charge in [0.2, 0.25) is 0 Å². The highest BCUT2D eigenvalue weighted by molar-refractivity contribution is 5.84. The zero-order valence-electron chi connectivity index (χ0n) is 24.7. The molecule has 0 saturated heterocycles. The molecule has 4 aromatic carbocycles. The third kappa shape index (κ3) is 7.30. The molecule has 0 atom stereocenters. The van der Waals surface area contributed by atoms with Crippen molar-refractivity contribution in [2.45, 2.75) is 46.6 Å². The maximum absolute atomic E-state index is 15.2. The number of ether oxygens (including phenoxy) is 1. The van der Waals surface area contributed by atoms with E-state index in [0.717, 1.165) is 35.9 Å². The van der Waals surface area contributed by atoms with Crippen LogP contribution in [0.1, 0.15) is 50.8 Å². The van der Waals surface area contributed by atoms with Crippen LogP contribution in [-0.2, 0) is 12.5 Å². The van der Waals surface area contributed by atoms with Gasteiger partial charge in [-0.3, -0.25) is 4.99 Å². The van der Waals surface area contributed by atoms with Crippen molar-refractivity contribution in [3.05, 3.63) is 130 Å². The molecule has 0 saturated carbocycles. The van der Waals surface area contributed by atoms with E-state index in [1.165, 1.54) is 36.4 Å². The third-order valence-corrected chi connectivity index (χ3v) is 7.05. The Labute approximate surface area is 253 Å². The van der Waals surface area contributed by atoms with Crippen LogP contribution in [0, 0.1) is 23.3 Å². The average molecular weight is 608 g/mol. The molecule has 228 valence electrons. The second kappa shape index (κ2) is 13.8. The Balaban J connectivity index is 1.56. The van der Waals surface area contributed by atoms with Crippen LogP contribution in [0.4, 0.5) is 26.3 Å². The van der Waals surface area contributed by atoms with E-state index in [4.69, 9.17) is 4.74 Å². The third-order valence-electron chi connectivity index (χ3n) is 7.05. The van der Waals surface area contributed by atoms with Crippen LogP contribution < -0.4 is 4.74 Å². The van der Waals surface area contributed by atoms with Crippen LogP contribution in [-0.4, -0.2) is 6.21 Å². The molecular weight excluding hydrogens is 576 g/mol. The molecule has 4 rings (SSSR count). The van der Waals surface area contributed by atoms with Gasteiger partial charge in [0.1, 0.15) is 29.0 Å². The molecule has 0 spiro atoms. The summed E-state index contributed by atoms with van der Waals surface area (Å²) in [5.41, 5.74) is 1.61. The van der Waals surface area contributed by atoms with Gasteiger partial charge in [0.05, 0.1) is 11.3 Å². The van der Waals surface area contributed by atoms with Crippen molar-refractivity contribution < 1.29 is 31.1 Å². The fourth-order valence-electron chi connectivity index (χ4n) is 4.51. The number of aliphatic imine (C=N–C) groups is 1. The molecule has 0 aliphatic rings. The molecular formula is C36H31F6NO. The quantitative estimate of drug-likeness (QED) is 0.130. The molecule has 0 fully saturated rings. The fourth-order valence-corrected chi connectivity index (χ4v) is 4.51. The standard InChI is InChI=1S/C36H31F6NO/c1-5-8-35(43-21-22(4)6-2)26-11-14-28(32(38)19-26)25-12-16-30(34(40)18-25)36(41,42)44-27-13-15-29(33(39)20-27)24-10-9-23(7-3)31(37)17-24/h6,8-21H,5,7H2,1-4H3/b22-6-,35-8-,43-21-. The van der Waals surface area contributed by atoms with E-state index < -0.39 is 40.7 Å². The Hall–Kier alpha value is -4.59. The molecule has 0 bridgehead atoms. The first kappa shape index (κ1) is 32.3. The molecule has 0 radical (unpaired) electrons. The van der Waals surface area contributed by atoms with Crippen molar-refractivity contribution in [3.63, 3.8) is 0 Å². The van der Waals surface area contributed by atoms with Gasteiger partial charge >= 0.3 is 6.11 Å². The molecule has 0 aliphatic heterocycles. The van der Waals surface area contributed by atoms with Gasteiger partial charge in [-0.1, -0.05) is 56.3 Å². The van der Waals surface area contributed by atoms with E-state index in [1.54, 1.807) is 19.2 Å². The van der Waals surface area contributed by atoms with Crippen molar-refractivity contribution in [2.75, 3.05) is 0 Å². The maximum atomic E-state index is 15.2. The normalized spacial score (nSPS) is 12.7. The van der Waals surface area contributed by atoms with Crippen molar-refractivity contribution in [2.24, 2.45) is 4.99 Å². The summed E-state index contributed by atoms with van der Waals surface area (Å²) >= 11 is 0. The Bertz CT molecular complexity index is 1760. The Morgan fingerprint density at radius 2 is 1.41 bits per heavy atom. The highest BCUT2D eigenvalue weighted by atomic mass is 19.3. The van der Waals surface area contributed by atoms with Gasteiger partial charge in [0.25, 0.3) is 0 Å². The van der Waals surface area contributed by atoms with E-state index in [1.807, 2.05) is 32.9 Å². The van der Waals surface area contributed by atoms with Gasteiger partial charge in [0, 0.05) is 29.0 Å². The number of alkyl halides is 2. The Kier molecular flexibility index (Phi) is 10.1. The molecule has 2 nitrogen and oxygen atoms in total. The van der Waals surface area contributed by atoms with Crippen molar-refractivity contribution in [1.29, 1.82) is 0 Å². The highest BCUT2D eigenvalue weighted by Crippen LogP contribution is 2.37. The predicted octanol–water partition coefficient (Wildman–Crippen LogP) is 11.1. The second-order valence-electron chi connectivity index (χ2n) is 10.1. The number of aryl methyl sites for hydroxylation is 1. The number of hydrogen-bond donors (Lipinski definition) is 0. The summed E-state index contributed by atoms with van der Waals surface area (Å²) in [6.07, 6.45) is 2.33. The zero-order chi connectivity index (χ0) is 32.0. The lowest BCUT2D eigenvalue weighted by molar-refractivity contribution is -0.187. The van der Waals surface area contributed by atoms with Gasteiger partial charge in [-0.15, -0.1) is 0 Å². The second-order valence-corrected chi connectivity index (χ2v) is 10.1. The lowest BCUT2D eigenvalue weighted by Crippen LogP contribution is -2.23. The van der Waals surface area contributed by atoms with Crippen LogP contribution in [0.25, 0.3) is 28.0 Å². The van der Waals surface area contributed by atoms with Crippen LogP contribution in [0.15, 0.2) is 95.5 Å². The van der Waals surface area contributed by atoms with Gasteiger partial charge in [0.15, 0.2) is 0 Å². The largest absolute Gasteiger partial charge is 0.429 e. The minimum absolute atomic E-state index is 0.00830. The summed E-state index contributed by atoms with van der Waals surface area (Å²) in [6.45, 7) is 7.46. The number of halogens is 6. The predicted molar refractivity (Wildman–Crippen MR) is 164 cm³/mol. The molecule has 0 amide bonds. The summed E-state index contributed by atoms with van der Waals surface area (Å²) in [5, 5.41) is 0. The van der Waals surface area contributed by atoms with Crippen molar-refractivity contribution in [3.8, 4) is 28.0 Å². The molecule has 0 aromatic heterocycles. The fraction of sp³-hybridized carbons (Fsp3) is 0.194. The summed E-state index contributed by atoms with van der Waals surface area (Å²) in [4.78, 5) is 4.43. The number of allylic oxidation sites excluding steroid dienone is 3. The van der Waals surface area contributed by atoms with Gasteiger partial charge in [-0.2, -0.15) is 8.78 Å². The lowest BCUT2D eigenvalue weighted by Gasteiger charge is -2.20. The van der Waals surface area contributed by atoms with Gasteiger partial charge in [-0.05, 0) is 85.4 Å². The SMILES string of the molecule is C\C=C(C)/C=N\C(=C/CC)c1ccc(-c2ccc(C(F)(F)Oc3ccc(-c4ccc(CC)c(F)c4)c(F)c3)c(F)c2)c(F)c1. The first-order valence-corrected chi connectivity index (χ1v) is 14.1. The van der Waals surface area contributed by atoms with E-state index in [-0.39, 0.29) is 22.3 Å². The minimum Gasteiger partial charge on any atom is -0.429 e. The van der Waals surface area contributed by atoms with Gasteiger partial charge < -0.3 is 4.74 Å². The summed E-state index contributed by atoms with van der Waals surface area (Å²) in [7, 11) is 0. The van der Waals surface area contributed by atoms with E-state index in [0.29, 0.717) is 29.7 Å². The molecule has 0 unspecified atom stereocenters. The molecule has 0 aliphatic carbocycles. The van der Waals surface area contributed by atoms with E-state index in [2.05, 4.69) is 4.99 Å². The Morgan fingerprint density at radius 1 is 0.773 bits per heavy atom. The number of hydrogen-bond acceptors (Lipinski definition) is 2. The number of benzene rings is 4. The van der Waals surface area contributed by atoms with Crippen molar-refractivity contribution >= 4 is 11.9 Å². The number of rotatable bonds is 10. The van der Waals surface area contributed by atoms with E-state index in [9.17, 15) is 8.78 Å². The first-order valence-electron chi connectivity index (χ1n) is 14.1. The molecule has 44 heavy (non-hydrogen) atoms. The topological polar surface area (TPSA) is 21.6 Å². The van der Waals surface area contributed by atoms with Crippen LogP contribution >= 0.6 is 0 Å². The van der Waals surface area contributed by atoms with Crippen molar-refractivity contribution in [1.82, 2.24) is 0 Å².